The van der Waals surface area contributed by atoms with Gasteiger partial charge in [0.2, 0.25) is 0 Å². The number of hydrogen-bond acceptors (Lipinski definition) is 4. The van der Waals surface area contributed by atoms with Gasteiger partial charge in [-0.2, -0.15) is 5.26 Å². The SMILES string of the molecule is CC(C)(C)OC(=O)Nc1ccc2ncccc2c1C#N. The second-order valence-corrected chi connectivity index (χ2v) is 5.30. The number of hydrogen-bond donors (Lipinski definition) is 1. The fourth-order valence-corrected chi connectivity index (χ4v) is 1.79. The third kappa shape index (κ3) is 3.04. The molecule has 0 unspecified atom stereocenters. The van der Waals surface area contributed by atoms with E-state index in [4.69, 9.17) is 4.74 Å². The number of nitrogens with one attached hydrogen (secondary N) is 1. The van der Waals surface area contributed by atoms with E-state index in [1.807, 2.05) is 0 Å². The molecule has 5 heteroatoms. The molecule has 20 heavy (non-hydrogen) atoms. The van der Waals surface area contributed by atoms with Crippen molar-refractivity contribution in [2.75, 3.05) is 5.32 Å². The van der Waals surface area contributed by atoms with E-state index in [0.717, 1.165) is 0 Å². The van der Waals surface area contributed by atoms with Crippen LogP contribution < -0.4 is 5.32 Å². The Kier molecular flexibility index (Phi) is 3.57. The molecule has 1 N–H and O–H groups in total. The number of rotatable bonds is 1. The predicted molar refractivity (Wildman–Crippen MR) is 76.3 cm³/mol. The van der Waals surface area contributed by atoms with E-state index < -0.39 is 11.7 Å². The van der Waals surface area contributed by atoms with E-state index in [9.17, 15) is 10.1 Å². The van der Waals surface area contributed by atoms with Crippen molar-refractivity contribution < 1.29 is 9.53 Å². The summed E-state index contributed by atoms with van der Waals surface area (Å²) in [5.41, 5.74) is 0.914. The van der Waals surface area contributed by atoms with E-state index in [0.29, 0.717) is 22.2 Å². The molecule has 102 valence electrons. The molecule has 1 amide bonds. The van der Waals surface area contributed by atoms with Gasteiger partial charge < -0.3 is 4.74 Å². The molecule has 0 aliphatic rings. The van der Waals surface area contributed by atoms with Crippen LogP contribution in [0.3, 0.4) is 0 Å². The van der Waals surface area contributed by atoms with Gasteiger partial charge in [-0.15, -0.1) is 0 Å². The van der Waals surface area contributed by atoms with E-state index in [2.05, 4.69) is 16.4 Å². The standard InChI is InChI=1S/C15H15N3O2/c1-15(2,3)20-14(19)18-13-7-6-12-10(11(13)9-16)5-4-8-17-12/h4-8H,1-3H3,(H,18,19). The van der Waals surface area contributed by atoms with Crippen LogP contribution >= 0.6 is 0 Å². The van der Waals surface area contributed by atoms with Crippen LogP contribution in [-0.4, -0.2) is 16.7 Å². The minimum Gasteiger partial charge on any atom is -0.444 e. The molecule has 0 atom stereocenters. The molecule has 0 spiro atoms. The minimum absolute atomic E-state index is 0.376. The van der Waals surface area contributed by atoms with E-state index in [1.54, 1.807) is 51.2 Å². The van der Waals surface area contributed by atoms with Gasteiger partial charge in [0, 0.05) is 11.6 Å². The van der Waals surface area contributed by atoms with Crippen molar-refractivity contribution in [1.82, 2.24) is 4.98 Å². The number of carbonyl (C=O) groups is 1. The number of nitrogens with zero attached hydrogens (tertiary/aromatic N) is 2. The van der Waals surface area contributed by atoms with Gasteiger partial charge >= 0.3 is 6.09 Å². The number of aromatic nitrogens is 1. The summed E-state index contributed by atoms with van der Waals surface area (Å²) >= 11 is 0. The van der Waals surface area contributed by atoms with Gasteiger partial charge in [0.25, 0.3) is 0 Å². The third-order valence-electron chi connectivity index (χ3n) is 2.53. The molecule has 0 saturated carbocycles. The molecule has 0 radical (unpaired) electrons. The Balaban J connectivity index is 2.36. The molecule has 1 heterocycles. The van der Waals surface area contributed by atoms with Crippen molar-refractivity contribution >= 4 is 22.7 Å². The predicted octanol–water partition coefficient (Wildman–Crippen LogP) is 3.45. The Hall–Kier alpha value is -2.61. The minimum atomic E-state index is -0.588. The molecule has 0 bridgehead atoms. The number of fused-ring (bicyclic) bond motifs is 1. The average molecular weight is 269 g/mol. The lowest BCUT2D eigenvalue weighted by molar-refractivity contribution is 0.0636. The van der Waals surface area contributed by atoms with E-state index in [-0.39, 0.29) is 0 Å². The molecule has 0 fully saturated rings. The first kappa shape index (κ1) is 13.8. The van der Waals surface area contributed by atoms with Crippen LogP contribution in [-0.2, 0) is 4.74 Å². The number of benzene rings is 1. The zero-order valence-electron chi connectivity index (χ0n) is 11.6. The Morgan fingerprint density at radius 1 is 1.35 bits per heavy atom. The normalized spacial score (nSPS) is 10.9. The van der Waals surface area contributed by atoms with Crippen LogP contribution in [0.25, 0.3) is 10.9 Å². The zero-order valence-corrected chi connectivity index (χ0v) is 11.6. The molecular weight excluding hydrogens is 254 g/mol. The summed E-state index contributed by atoms with van der Waals surface area (Å²) < 4.78 is 5.18. The summed E-state index contributed by atoms with van der Waals surface area (Å²) in [5.74, 6) is 0. The fraction of sp³-hybridized carbons (Fsp3) is 0.267. The van der Waals surface area contributed by atoms with Crippen molar-refractivity contribution in [1.29, 1.82) is 5.26 Å². The maximum atomic E-state index is 11.8. The van der Waals surface area contributed by atoms with Crippen LogP contribution in [0.2, 0.25) is 0 Å². The highest BCUT2D eigenvalue weighted by Gasteiger charge is 2.18. The Morgan fingerprint density at radius 3 is 2.75 bits per heavy atom. The lowest BCUT2D eigenvalue weighted by Gasteiger charge is -2.20. The first-order valence-electron chi connectivity index (χ1n) is 6.18. The van der Waals surface area contributed by atoms with Gasteiger partial charge in [-0.3, -0.25) is 10.3 Å². The highest BCUT2D eigenvalue weighted by Crippen LogP contribution is 2.24. The summed E-state index contributed by atoms with van der Waals surface area (Å²) in [6.45, 7) is 5.34. The van der Waals surface area contributed by atoms with Crippen molar-refractivity contribution in [3.8, 4) is 6.07 Å². The van der Waals surface area contributed by atoms with E-state index in [1.165, 1.54) is 0 Å². The maximum absolute atomic E-state index is 11.8. The van der Waals surface area contributed by atoms with Crippen molar-refractivity contribution in [3.63, 3.8) is 0 Å². The smallest absolute Gasteiger partial charge is 0.412 e. The maximum Gasteiger partial charge on any atom is 0.412 e. The van der Waals surface area contributed by atoms with Crippen LogP contribution in [0.15, 0.2) is 30.5 Å². The van der Waals surface area contributed by atoms with Crippen LogP contribution in [0.1, 0.15) is 26.3 Å². The highest BCUT2D eigenvalue weighted by atomic mass is 16.6. The highest BCUT2D eigenvalue weighted by molar-refractivity contribution is 5.95. The van der Waals surface area contributed by atoms with Gasteiger partial charge in [-0.05, 0) is 45.0 Å². The number of anilines is 1. The lowest BCUT2D eigenvalue weighted by atomic mass is 10.1. The first-order valence-corrected chi connectivity index (χ1v) is 6.18. The molecule has 0 aliphatic heterocycles. The third-order valence-corrected chi connectivity index (χ3v) is 2.53. The van der Waals surface area contributed by atoms with Gasteiger partial charge in [-0.1, -0.05) is 0 Å². The van der Waals surface area contributed by atoms with Crippen LogP contribution in [0.5, 0.6) is 0 Å². The molecular formula is C15H15N3O2. The first-order chi connectivity index (χ1) is 9.40. The summed E-state index contributed by atoms with van der Waals surface area (Å²) in [6, 6.07) is 9.04. The summed E-state index contributed by atoms with van der Waals surface area (Å²) in [6.07, 6.45) is 1.07. The number of carbonyl (C=O) groups excluding carboxylic acids is 1. The Morgan fingerprint density at radius 2 is 2.10 bits per heavy atom. The summed E-state index contributed by atoms with van der Waals surface area (Å²) in [4.78, 5) is 15.9. The summed E-state index contributed by atoms with van der Waals surface area (Å²) in [7, 11) is 0. The molecule has 5 nitrogen and oxygen atoms in total. The second-order valence-electron chi connectivity index (χ2n) is 5.30. The van der Waals surface area contributed by atoms with Crippen LogP contribution in [0.4, 0.5) is 10.5 Å². The number of pyridine rings is 1. The zero-order chi connectivity index (χ0) is 14.8. The topological polar surface area (TPSA) is 75.0 Å². The van der Waals surface area contributed by atoms with Crippen molar-refractivity contribution in [2.24, 2.45) is 0 Å². The molecule has 2 aromatic rings. The largest absolute Gasteiger partial charge is 0.444 e. The monoisotopic (exact) mass is 269 g/mol. The molecule has 2 rings (SSSR count). The molecule has 1 aromatic heterocycles. The average Bonchev–Trinajstić information content (AvgIpc) is 2.36. The number of nitriles is 1. The molecule has 0 saturated heterocycles. The van der Waals surface area contributed by atoms with Gasteiger partial charge in [0.1, 0.15) is 11.7 Å². The van der Waals surface area contributed by atoms with Gasteiger partial charge in [-0.25, -0.2) is 4.79 Å². The van der Waals surface area contributed by atoms with Gasteiger partial charge in [0.05, 0.1) is 16.8 Å². The molecule has 0 aliphatic carbocycles. The summed E-state index contributed by atoms with van der Waals surface area (Å²) in [5, 5.41) is 12.6. The molecule has 1 aromatic carbocycles. The Labute approximate surface area is 117 Å². The quantitative estimate of drug-likeness (QED) is 0.860. The second kappa shape index (κ2) is 5.17. The lowest BCUT2D eigenvalue weighted by Crippen LogP contribution is -2.27. The number of amides is 1. The Bertz CT molecular complexity index is 696. The number of ether oxygens (including phenoxy) is 1. The fourth-order valence-electron chi connectivity index (χ4n) is 1.79. The van der Waals surface area contributed by atoms with E-state index >= 15 is 0 Å². The van der Waals surface area contributed by atoms with Crippen molar-refractivity contribution in [2.45, 2.75) is 26.4 Å². The van der Waals surface area contributed by atoms with Crippen LogP contribution in [0, 0.1) is 11.3 Å². The van der Waals surface area contributed by atoms with Crippen molar-refractivity contribution in [3.05, 3.63) is 36.0 Å². The van der Waals surface area contributed by atoms with Gasteiger partial charge in [0.15, 0.2) is 0 Å².